The summed E-state index contributed by atoms with van der Waals surface area (Å²) in [6.07, 6.45) is 0.333. The lowest BCUT2D eigenvalue weighted by Crippen LogP contribution is -2.30. The van der Waals surface area contributed by atoms with Crippen molar-refractivity contribution in [2.45, 2.75) is 12.3 Å². The normalized spacial score (nSPS) is 11.1. The number of halogens is 2. The second-order valence-electron chi connectivity index (χ2n) is 2.88. The molecule has 0 bridgehead atoms. The van der Waals surface area contributed by atoms with Gasteiger partial charge in [-0.3, -0.25) is 4.98 Å². The standard InChI is InChI=1S/C9H9F2NO3/c1-15-7-3-2-6(12-5-7)4-9(10,11)8(13)14/h2-3,5H,4H2,1H3,(H,13,14). The zero-order chi connectivity index (χ0) is 11.5. The van der Waals surface area contributed by atoms with Gasteiger partial charge in [0.15, 0.2) is 0 Å². The second-order valence-corrected chi connectivity index (χ2v) is 2.88. The first-order valence-corrected chi connectivity index (χ1v) is 4.06. The zero-order valence-corrected chi connectivity index (χ0v) is 7.91. The number of nitrogens with zero attached hydrogens (tertiary/aromatic N) is 1. The lowest BCUT2D eigenvalue weighted by Gasteiger charge is -2.10. The molecule has 0 aliphatic rings. The Hall–Kier alpha value is -1.72. The molecule has 1 rings (SSSR count). The summed E-state index contributed by atoms with van der Waals surface area (Å²) >= 11 is 0. The molecule has 1 aromatic rings. The predicted octanol–water partition coefficient (Wildman–Crippen LogP) is 1.35. The van der Waals surface area contributed by atoms with Crippen molar-refractivity contribution in [2.75, 3.05) is 7.11 Å². The molecule has 0 fully saturated rings. The quantitative estimate of drug-likeness (QED) is 0.827. The van der Waals surface area contributed by atoms with Crippen LogP contribution in [0.2, 0.25) is 0 Å². The van der Waals surface area contributed by atoms with Crippen LogP contribution in [0.15, 0.2) is 18.3 Å². The van der Waals surface area contributed by atoms with Crippen molar-refractivity contribution < 1.29 is 23.4 Å². The minimum Gasteiger partial charge on any atom is -0.495 e. The second kappa shape index (κ2) is 4.20. The third-order valence-electron chi connectivity index (χ3n) is 1.75. The van der Waals surface area contributed by atoms with Gasteiger partial charge in [-0.25, -0.2) is 4.79 Å². The topological polar surface area (TPSA) is 59.4 Å². The lowest BCUT2D eigenvalue weighted by molar-refractivity contribution is -0.164. The van der Waals surface area contributed by atoms with Gasteiger partial charge in [0.25, 0.3) is 0 Å². The Balaban J connectivity index is 2.77. The van der Waals surface area contributed by atoms with E-state index in [0.717, 1.165) is 0 Å². The summed E-state index contributed by atoms with van der Waals surface area (Å²) in [4.78, 5) is 13.8. The summed E-state index contributed by atoms with van der Waals surface area (Å²) in [6.45, 7) is 0. The van der Waals surface area contributed by atoms with E-state index < -0.39 is 18.3 Å². The molecule has 0 unspecified atom stereocenters. The van der Waals surface area contributed by atoms with E-state index in [4.69, 9.17) is 9.84 Å². The molecule has 0 radical (unpaired) electrons. The van der Waals surface area contributed by atoms with Crippen LogP contribution in [0, 0.1) is 0 Å². The first-order chi connectivity index (χ1) is 6.95. The van der Waals surface area contributed by atoms with E-state index in [-0.39, 0.29) is 5.69 Å². The van der Waals surface area contributed by atoms with Crippen LogP contribution in [0.1, 0.15) is 5.69 Å². The fraction of sp³-hybridized carbons (Fsp3) is 0.333. The van der Waals surface area contributed by atoms with E-state index in [0.29, 0.717) is 5.75 Å². The number of carboxylic acid groups (broad SMARTS) is 1. The molecule has 4 nitrogen and oxygen atoms in total. The maximum absolute atomic E-state index is 12.7. The van der Waals surface area contributed by atoms with Crippen molar-refractivity contribution >= 4 is 5.97 Å². The molecule has 1 N–H and O–H groups in total. The number of methoxy groups -OCH3 is 1. The van der Waals surface area contributed by atoms with Crippen LogP contribution in [-0.2, 0) is 11.2 Å². The van der Waals surface area contributed by atoms with Crippen molar-refractivity contribution in [2.24, 2.45) is 0 Å². The first kappa shape index (κ1) is 11.4. The van der Waals surface area contributed by atoms with Crippen molar-refractivity contribution in [3.05, 3.63) is 24.0 Å². The average Bonchev–Trinajstić information content (AvgIpc) is 2.18. The van der Waals surface area contributed by atoms with Crippen molar-refractivity contribution in [1.82, 2.24) is 4.98 Å². The van der Waals surface area contributed by atoms with Gasteiger partial charge in [0, 0.05) is 5.69 Å². The highest BCUT2D eigenvalue weighted by molar-refractivity contribution is 5.75. The fourth-order valence-corrected chi connectivity index (χ4v) is 0.939. The zero-order valence-electron chi connectivity index (χ0n) is 7.91. The molecule has 0 atom stereocenters. The van der Waals surface area contributed by atoms with Gasteiger partial charge >= 0.3 is 11.9 Å². The van der Waals surface area contributed by atoms with Crippen LogP contribution in [-0.4, -0.2) is 29.1 Å². The van der Waals surface area contributed by atoms with E-state index in [1.165, 1.54) is 25.4 Å². The van der Waals surface area contributed by atoms with Gasteiger partial charge < -0.3 is 9.84 Å². The Morgan fingerprint density at radius 3 is 2.67 bits per heavy atom. The first-order valence-electron chi connectivity index (χ1n) is 4.06. The Kier molecular flexibility index (Phi) is 3.18. The molecule has 1 heterocycles. The van der Waals surface area contributed by atoms with Crippen molar-refractivity contribution in [3.8, 4) is 5.75 Å². The summed E-state index contributed by atoms with van der Waals surface area (Å²) in [5.41, 5.74) is 0.00296. The molecule has 0 spiro atoms. The summed E-state index contributed by atoms with van der Waals surface area (Å²) in [7, 11) is 1.42. The molecule has 0 aliphatic carbocycles. The van der Waals surface area contributed by atoms with E-state index in [1.807, 2.05) is 0 Å². The molecule has 0 saturated carbocycles. The molecular formula is C9H9F2NO3. The molecule has 0 aliphatic heterocycles. The van der Waals surface area contributed by atoms with Crippen molar-refractivity contribution in [3.63, 3.8) is 0 Å². The molecule has 0 amide bonds. The minimum atomic E-state index is -3.79. The highest BCUT2D eigenvalue weighted by Crippen LogP contribution is 2.20. The monoisotopic (exact) mass is 217 g/mol. The Morgan fingerprint density at radius 2 is 2.27 bits per heavy atom. The summed E-state index contributed by atoms with van der Waals surface area (Å²) in [6, 6.07) is 2.75. The minimum absolute atomic E-state index is 0.00296. The van der Waals surface area contributed by atoms with Crippen LogP contribution < -0.4 is 4.74 Å². The van der Waals surface area contributed by atoms with Crippen LogP contribution in [0.25, 0.3) is 0 Å². The number of hydrogen-bond acceptors (Lipinski definition) is 3. The number of carbonyl (C=O) groups is 1. The Morgan fingerprint density at radius 1 is 1.60 bits per heavy atom. The Labute approximate surface area is 84.5 Å². The number of aliphatic carboxylic acids is 1. The summed E-state index contributed by atoms with van der Waals surface area (Å²) in [5.74, 6) is -5.51. The lowest BCUT2D eigenvalue weighted by atomic mass is 10.1. The average molecular weight is 217 g/mol. The van der Waals surface area contributed by atoms with Crippen LogP contribution in [0.3, 0.4) is 0 Å². The van der Waals surface area contributed by atoms with Crippen molar-refractivity contribution in [1.29, 1.82) is 0 Å². The predicted molar refractivity (Wildman–Crippen MR) is 47.1 cm³/mol. The third-order valence-corrected chi connectivity index (χ3v) is 1.75. The molecule has 1 aromatic heterocycles. The molecule has 15 heavy (non-hydrogen) atoms. The van der Waals surface area contributed by atoms with Crippen LogP contribution in [0.5, 0.6) is 5.75 Å². The Bertz CT molecular complexity index is 351. The highest BCUT2D eigenvalue weighted by atomic mass is 19.3. The number of alkyl halides is 2. The van der Waals surface area contributed by atoms with Gasteiger partial charge in [-0.2, -0.15) is 8.78 Å². The number of rotatable bonds is 4. The molecule has 0 saturated heterocycles. The summed E-state index contributed by atoms with van der Waals surface area (Å²) < 4.78 is 30.3. The molecule has 82 valence electrons. The van der Waals surface area contributed by atoms with E-state index in [9.17, 15) is 13.6 Å². The van der Waals surface area contributed by atoms with E-state index >= 15 is 0 Å². The largest absolute Gasteiger partial charge is 0.495 e. The van der Waals surface area contributed by atoms with Gasteiger partial charge in [0.05, 0.1) is 19.7 Å². The molecule has 0 aromatic carbocycles. The number of ether oxygens (including phenoxy) is 1. The van der Waals surface area contributed by atoms with Gasteiger partial charge in [-0.05, 0) is 12.1 Å². The number of carboxylic acids is 1. The maximum atomic E-state index is 12.7. The third kappa shape index (κ3) is 2.87. The smallest absolute Gasteiger partial charge is 0.374 e. The number of aromatic nitrogens is 1. The number of pyridine rings is 1. The van der Waals surface area contributed by atoms with Gasteiger partial charge in [-0.1, -0.05) is 0 Å². The van der Waals surface area contributed by atoms with E-state index in [2.05, 4.69) is 4.98 Å². The number of hydrogen-bond donors (Lipinski definition) is 1. The SMILES string of the molecule is COc1ccc(CC(F)(F)C(=O)O)nc1. The van der Waals surface area contributed by atoms with Gasteiger partial charge in [0.1, 0.15) is 5.75 Å². The molecule has 6 heteroatoms. The molecular weight excluding hydrogens is 208 g/mol. The highest BCUT2D eigenvalue weighted by Gasteiger charge is 2.39. The van der Waals surface area contributed by atoms with Crippen LogP contribution >= 0.6 is 0 Å². The fourth-order valence-electron chi connectivity index (χ4n) is 0.939. The van der Waals surface area contributed by atoms with Crippen LogP contribution in [0.4, 0.5) is 8.78 Å². The van der Waals surface area contributed by atoms with Gasteiger partial charge in [-0.15, -0.1) is 0 Å². The van der Waals surface area contributed by atoms with E-state index in [1.54, 1.807) is 0 Å². The maximum Gasteiger partial charge on any atom is 0.374 e. The summed E-state index contributed by atoms with van der Waals surface area (Å²) in [5, 5.41) is 8.20. The van der Waals surface area contributed by atoms with Gasteiger partial charge in [0.2, 0.25) is 0 Å².